The molecule has 0 spiro atoms. The van der Waals surface area contributed by atoms with Gasteiger partial charge in [0, 0.05) is 6.04 Å². The molecule has 3 N–H and O–H groups in total. The Morgan fingerprint density at radius 1 is 1.25 bits per heavy atom. The van der Waals surface area contributed by atoms with Crippen LogP contribution in [0.3, 0.4) is 0 Å². The predicted octanol–water partition coefficient (Wildman–Crippen LogP) is 1.83. The van der Waals surface area contributed by atoms with Gasteiger partial charge in [-0.15, -0.1) is 6.58 Å². The minimum absolute atomic E-state index is 0.00981. The van der Waals surface area contributed by atoms with E-state index >= 15 is 0 Å². The fourth-order valence-electron chi connectivity index (χ4n) is 1.14. The van der Waals surface area contributed by atoms with Crippen LogP contribution in [0.25, 0.3) is 0 Å². The monoisotopic (exact) mass is 171 g/mol. The second-order valence-electron chi connectivity index (χ2n) is 3.22. The van der Waals surface area contributed by atoms with Crippen molar-refractivity contribution in [1.29, 1.82) is 0 Å². The normalized spacial score (nSPS) is 12.8. The van der Waals surface area contributed by atoms with Crippen molar-refractivity contribution in [2.75, 3.05) is 6.61 Å². The fourth-order valence-corrected chi connectivity index (χ4v) is 1.14. The summed E-state index contributed by atoms with van der Waals surface area (Å²) < 4.78 is 0. The Balaban J connectivity index is 2.95. The number of hydrogen-bond acceptors (Lipinski definition) is 2. The van der Waals surface area contributed by atoms with E-state index in [-0.39, 0.29) is 12.6 Å². The van der Waals surface area contributed by atoms with E-state index in [1.54, 1.807) is 0 Å². The molecule has 0 aliphatic heterocycles. The molecule has 0 radical (unpaired) electrons. The molecule has 0 unspecified atom stereocenters. The average molecular weight is 171 g/mol. The van der Waals surface area contributed by atoms with Gasteiger partial charge in [-0.1, -0.05) is 25.3 Å². The van der Waals surface area contributed by atoms with Gasteiger partial charge >= 0.3 is 0 Å². The van der Waals surface area contributed by atoms with Crippen LogP contribution in [0.1, 0.15) is 38.5 Å². The van der Waals surface area contributed by atoms with Crippen LogP contribution < -0.4 is 5.73 Å². The number of unbranched alkanes of at least 4 members (excludes halogenated alkanes) is 4. The molecule has 72 valence electrons. The number of hydrogen-bond donors (Lipinski definition) is 2. The maximum Gasteiger partial charge on any atom is 0.0582 e. The Labute approximate surface area is 75.5 Å². The van der Waals surface area contributed by atoms with Crippen LogP contribution in [0.15, 0.2) is 12.7 Å². The van der Waals surface area contributed by atoms with Crippen LogP contribution in [0, 0.1) is 0 Å². The predicted molar refractivity (Wildman–Crippen MR) is 53.0 cm³/mol. The lowest BCUT2D eigenvalue weighted by Gasteiger charge is -2.06. The molecule has 0 saturated carbocycles. The van der Waals surface area contributed by atoms with Gasteiger partial charge in [0.05, 0.1) is 6.61 Å². The van der Waals surface area contributed by atoms with E-state index in [0.717, 1.165) is 19.3 Å². The Hall–Kier alpha value is -0.340. The molecule has 1 atom stereocenters. The third kappa shape index (κ3) is 7.76. The first kappa shape index (κ1) is 11.7. The Morgan fingerprint density at radius 3 is 2.50 bits per heavy atom. The van der Waals surface area contributed by atoms with Gasteiger partial charge in [-0.25, -0.2) is 0 Å². The van der Waals surface area contributed by atoms with Crippen LogP contribution in [-0.2, 0) is 0 Å². The van der Waals surface area contributed by atoms with Crippen LogP contribution in [0.2, 0.25) is 0 Å². The zero-order valence-corrected chi connectivity index (χ0v) is 7.84. The van der Waals surface area contributed by atoms with E-state index in [0.29, 0.717) is 0 Å². The molecule has 0 aliphatic rings. The standard InChI is InChI=1S/C10H21NO/c1-2-3-4-5-6-7-8-10(11)9-12/h2,10,12H,1,3-9,11H2/t10-/m1/s1. The minimum atomic E-state index is -0.00981. The molecule has 2 nitrogen and oxygen atoms in total. The van der Waals surface area contributed by atoms with Crippen molar-refractivity contribution in [1.82, 2.24) is 0 Å². The van der Waals surface area contributed by atoms with Gasteiger partial charge in [0.25, 0.3) is 0 Å². The lowest BCUT2D eigenvalue weighted by atomic mass is 10.1. The van der Waals surface area contributed by atoms with Crippen LogP contribution in [0.5, 0.6) is 0 Å². The van der Waals surface area contributed by atoms with Gasteiger partial charge in [0.2, 0.25) is 0 Å². The largest absolute Gasteiger partial charge is 0.395 e. The molecule has 0 bridgehead atoms. The molecular formula is C10H21NO. The molecule has 12 heavy (non-hydrogen) atoms. The first-order valence-electron chi connectivity index (χ1n) is 4.78. The summed E-state index contributed by atoms with van der Waals surface area (Å²) in [5.41, 5.74) is 5.55. The first-order valence-corrected chi connectivity index (χ1v) is 4.78. The highest BCUT2D eigenvalue weighted by atomic mass is 16.3. The minimum Gasteiger partial charge on any atom is -0.395 e. The second-order valence-corrected chi connectivity index (χ2v) is 3.22. The third-order valence-electron chi connectivity index (χ3n) is 1.97. The maximum atomic E-state index is 8.64. The molecule has 0 aromatic carbocycles. The quantitative estimate of drug-likeness (QED) is 0.432. The van der Waals surface area contributed by atoms with Crippen molar-refractivity contribution in [3.8, 4) is 0 Å². The van der Waals surface area contributed by atoms with E-state index in [4.69, 9.17) is 10.8 Å². The molecule has 0 aromatic rings. The van der Waals surface area contributed by atoms with Crippen molar-refractivity contribution in [3.05, 3.63) is 12.7 Å². The Bertz CT molecular complexity index is 104. The highest BCUT2D eigenvalue weighted by Gasteiger charge is 1.98. The highest BCUT2D eigenvalue weighted by Crippen LogP contribution is 2.06. The molecule has 2 heteroatoms. The van der Waals surface area contributed by atoms with E-state index < -0.39 is 0 Å². The first-order chi connectivity index (χ1) is 5.81. The van der Waals surface area contributed by atoms with Crippen molar-refractivity contribution < 1.29 is 5.11 Å². The zero-order valence-electron chi connectivity index (χ0n) is 7.84. The van der Waals surface area contributed by atoms with E-state index in [9.17, 15) is 0 Å². The molecule has 0 aliphatic carbocycles. The van der Waals surface area contributed by atoms with Crippen molar-refractivity contribution in [2.24, 2.45) is 5.73 Å². The van der Waals surface area contributed by atoms with Crippen molar-refractivity contribution in [2.45, 2.75) is 44.6 Å². The van der Waals surface area contributed by atoms with Crippen molar-refractivity contribution >= 4 is 0 Å². The second kappa shape index (κ2) is 8.75. The fraction of sp³-hybridized carbons (Fsp3) is 0.800. The lowest BCUT2D eigenvalue weighted by molar-refractivity contribution is 0.257. The summed E-state index contributed by atoms with van der Waals surface area (Å²) in [7, 11) is 0. The van der Waals surface area contributed by atoms with E-state index in [1.165, 1.54) is 19.3 Å². The van der Waals surface area contributed by atoms with E-state index in [1.807, 2.05) is 6.08 Å². The number of rotatable bonds is 8. The van der Waals surface area contributed by atoms with Gasteiger partial charge in [-0.05, 0) is 19.3 Å². The van der Waals surface area contributed by atoms with Crippen molar-refractivity contribution in [3.63, 3.8) is 0 Å². The SMILES string of the molecule is C=CCCCCCC[C@@H](N)CO. The summed E-state index contributed by atoms with van der Waals surface area (Å²) in [6.45, 7) is 3.78. The average Bonchev–Trinajstić information content (AvgIpc) is 2.10. The summed E-state index contributed by atoms with van der Waals surface area (Å²) >= 11 is 0. The molecule has 0 rings (SSSR count). The Kier molecular flexibility index (Phi) is 8.51. The van der Waals surface area contributed by atoms with Gasteiger partial charge in [-0.2, -0.15) is 0 Å². The lowest BCUT2D eigenvalue weighted by Crippen LogP contribution is -2.23. The summed E-state index contributed by atoms with van der Waals surface area (Å²) in [4.78, 5) is 0. The Morgan fingerprint density at radius 2 is 1.92 bits per heavy atom. The molecule has 0 aromatic heterocycles. The summed E-state index contributed by atoms with van der Waals surface area (Å²) in [5, 5.41) is 8.64. The molecule has 0 amide bonds. The van der Waals surface area contributed by atoms with Gasteiger partial charge in [0.15, 0.2) is 0 Å². The maximum absolute atomic E-state index is 8.64. The third-order valence-corrected chi connectivity index (χ3v) is 1.97. The summed E-state index contributed by atoms with van der Waals surface area (Å²) in [6, 6.07) is -0.00981. The number of aliphatic hydroxyl groups excluding tert-OH is 1. The van der Waals surface area contributed by atoms with Gasteiger partial charge < -0.3 is 10.8 Å². The smallest absolute Gasteiger partial charge is 0.0582 e. The molecule has 0 fully saturated rings. The molecular weight excluding hydrogens is 150 g/mol. The summed E-state index contributed by atoms with van der Waals surface area (Å²) in [6.07, 6.45) is 8.87. The van der Waals surface area contributed by atoms with E-state index in [2.05, 4.69) is 6.58 Å². The van der Waals surface area contributed by atoms with Gasteiger partial charge in [-0.3, -0.25) is 0 Å². The topological polar surface area (TPSA) is 46.2 Å². The van der Waals surface area contributed by atoms with Crippen LogP contribution >= 0.6 is 0 Å². The summed E-state index contributed by atoms with van der Waals surface area (Å²) in [5.74, 6) is 0. The van der Waals surface area contributed by atoms with Crippen LogP contribution in [0.4, 0.5) is 0 Å². The highest BCUT2D eigenvalue weighted by molar-refractivity contribution is 4.65. The van der Waals surface area contributed by atoms with Crippen LogP contribution in [-0.4, -0.2) is 17.8 Å². The number of nitrogens with two attached hydrogens (primary N) is 1. The molecule has 0 saturated heterocycles. The molecule has 0 heterocycles. The number of aliphatic hydroxyl groups is 1. The zero-order chi connectivity index (χ0) is 9.23. The number of allylic oxidation sites excluding steroid dienone is 1. The van der Waals surface area contributed by atoms with Gasteiger partial charge in [0.1, 0.15) is 0 Å².